The van der Waals surface area contributed by atoms with E-state index in [4.69, 9.17) is 0 Å². The van der Waals surface area contributed by atoms with Gasteiger partial charge >= 0.3 is 0 Å². The summed E-state index contributed by atoms with van der Waals surface area (Å²) in [6, 6.07) is 0.456. The molecule has 5 nitrogen and oxygen atoms in total. The molecule has 24 heavy (non-hydrogen) atoms. The molecule has 1 aromatic heterocycles. The molecule has 2 aliphatic heterocycles. The van der Waals surface area contributed by atoms with E-state index in [1.165, 1.54) is 25.7 Å². The van der Waals surface area contributed by atoms with Crippen LogP contribution in [0.4, 0.5) is 0 Å². The van der Waals surface area contributed by atoms with E-state index >= 15 is 0 Å². The number of carbonyl (C=O) groups is 1. The number of nitrogens with zero attached hydrogens (tertiary/aromatic N) is 2. The molecule has 1 aromatic rings. The van der Waals surface area contributed by atoms with Gasteiger partial charge in [0.25, 0.3) is 5.56 Å². The monoisotopic (exact) mass is 327 g/mol. The standard InChI is InChI=1S/C19H25N3O2/c1-10-20-16-9-12-7-6-11(8-15(16)18(23)21-10)22(12)19(24)17-13-4-2-3-5-14(13)17/h11-14,17H,2-9H2,1H3,(H,20,21,23)/t11-,12-,13-,14-/m0/s1. The van der Waals surface area contributed by atoms with Crippen LogP contribution in [0.15, 0.2) is 4.79 Å². The quantitative estimate of drug-likeness (QED) is 0.857. The first-order valence-electron chi connectivity index (χ1n) is 9.54. The van der Waals surface area contributed by atoms with Crippen LogP contribution in [-0.2, 0) is 17.6 Å². The molecule has 0 radical (unpaired) electrons. The highest BCUT2D eigenvalue weighted by Crippen LogP contribution is 2.57. The lowest BCUT2D eigenvalue weighted by Crippen LogP contribution is -2.43. The molecule has 5 heteroatoms. The number of nitrogens with one attached hydrogen (secondary N) is 1. The van der Waals surface area contributed by atoms with Crippen molar-refractivity contribution in [3.05, 3.63) is 27.4 Å². The molecule has 3 fully saturated rings. The van der Waals surface area contributed by atoms with Crippen LogP contribution in [0, 0.1) is 24.7 Å². The first-order valence-corrected chi connectivity index (χ1v) is 9.54. The molecule has 4 atom stereocenters. The predicted octanol–water partition coefficient (Wildman–Crippen LogP) is 1.97. The maximum absolute atomic E-state index is 13.3. The van der Waals surface area contributed by atoms with E-state index in [1.807, 2.05) is 6.92 Å². The molecule has 0 aromatic carbocycles. The number of hydrogen-bond acceptors (Lipinski definition) is 3. The number of H-pyrrole nitrogens is 1. The minimum atomic E-state index is -0.00228. The summed E-state index contributed by atoms with van der Waals surface area (Å²) in [5.41, 5.74) is 1.74. The first-order chi connectivity index (χ1) is 11.6. The normalized spacial score (nSPS) is 36.7. The molecule has 3 heterocycles. The Kier molecular flexibility index (Phi) is 3.16. The Bertz CT molecular complexity index is 743. The van der Waals surface area contributed by atoms with Gasteiger partial charge in [-0.05, 0) is 44.4 Å². The molecule has 1 amide bonds. The van der Waals surface area contributed by atoms with Crippen molar-refractivity contribution in [1.29, 1.82) is 0 Å². The van der Waals surface area contributed by atoms with Crippen LogP contribution in [0.5, 0.6) is 0 Å². The van der Waals surface area contributed by atoms with Gasteiger partial charge in [0, 0.05) is 36.4 Å². The van der Waals surface area contributed by atoms with E-state index in [1.54, 1.807) is 0 Å². The summed E-state index contributed by atoms with van der Waals surface area (Å²) in [7, 11) is 0. The van der Waals surface area contributed by atoms with Gasteiger partial charge in [0.15, 0.2) is 0 Å². The average Bonchev–Trinajstić information content (AvgIpc) is 3.18. The van der Waals surface area contributed by atoms with Gasteiger partial charge in [0.05, 0.1) is 5.69 Å². The Morgan fingerprint density at radius 3 is 2.46 bits per heavy atom. The van der Waals surface area contributed by atoms with Crippen molar-refractivity contribution in [1.82, 2.24) is 14.9 Å². The number of aromatic nitrogens is 2. The fourth-order valence-electron chi connectivity index (χ4n) is 5.76. The van der Waals surface area contributed by atoms with Gasteiger partial charge in [-0.15, -0.1) is 0 Å². The molecule has 1 saturated heterocycles. The molecule has 2 aliphatic carbocycles. The van der Waals surface area contributed by atoms with Crippen LogP contribution in [0.2, 0.25) is 0 Å². The lowest BCUT2D eigenvalue weighted by molar-refractivity contribution is -0.136. The van der Waals surface area contributed by atoms with Gasteiger partial charge in [-0.3, -0.25) is 9.59 Å². The number of aromatic amines is 1. The minimum absolute atomic E-state index is 0.00228. The van der Waals surface area contributed by atoms with E-state index < -0.39 is 0 Å². The molecule has 1 N–H and O–H groups in total. The smallest absolute Gasteiger partial charge is 0.254 e. The van der Waals surface area contributed by atoms with Crippen molar-refractivity contribution in [2.75, 3.05) is 0 Å². The SMILES string of the molecule is Cc1nc2c(c(=O)[nH]1)C[C@@H]1CC[C@@H](C2)N1C(=O)C1[C@H]2CCCC[C@H]12. The van der Waals surface area contributed by atoms with E-state index in [2.05, 4.69) is 14.9 Å². The van der Waals surface area contributed by atoms with Crippen LogP contribution in [0.25, 0.3) is 0 Å². The summed E-state index contributed by atoms with van der Waals surface area (Å²) in [4.78, 5) is 35.2. The Balaban J connectivity index is 1.44. The fourth-order valence-corrected chi connectivity index (χ4v) is 5.76. The summed E-state index contributed by atoms with van der Waals surface area (Å²) >= 11 is 0. The number of aryl methyl sites for hydroxylation is 1. The predicted molar refractivity (Wildman–Crippen MR) is 89.6 cm³/mol. The highest BCUT2D eigenvalue weighted by Gasteiger charge is 2.57. The number of amides is 1. The molecule has 5 rings (SSSR count). The van der Waals surface area contributed by atoms with Crippen molar-refractivity contribution >= 4 is 5.91 Å². The van der Waals surface area contributed by atoms with E-state index in [-0.39, 0.29) is 23.6 Å². The van der Waals surface area contributed by atoms with Crippen molar-refractivity contribution < 1.29 is 4.79 Å². The summed E-state index contributed by atoms with van der Waals surface area (Å²) in [6.45, 7) is 1.84. The molecular weight excluding hydrogens is 302 g/mol. The van der Waals surface area contributed by atoms with Crippen molar-refractivity contribution in [3.63, 3.8) is 0 Å². The van der Waals surface area contributed by atoms with Crippen molar-refractivity contribution in [3.8, 4) is 0 Å². The highest BCUT2D eigenvalue weighted by molar-refractivity contribution is 5.83. The molecule has 4 aliphatic rings. The van der Waals surface area contributed by atoms with Crippen LogP contribution in [0.3, 0.4) is 0 Å². The van der Waals surface area contributed by atoms with E-state index in [0.717, 1.165) is 30.5 Å². The third-order valence-corrected chi connectivity index (χ3v) is 6.90. The van der Waals surface area contributed by atoms with Gasteiger partial charge in [-0.2, -0.15) is 0 Å². The van der Waals surface area contributed by atoms with Crippen LogP contribution in [0.1, 0.15) is 55.6 Å². The maximum atomic E-state index is 13.3. The Morgan fingerprint density at radius 2 is 1.75 bits per heavy atom. The zero-order valence-corrected chi connectivity index (χ0v) is 14.3. The second kappa shape index (κ2) is 5.17. The third kappa shape index (κ3) is 2.09. The van der Waals surface area contributed by atoms with Crippen molar-refractivity contribution in [2.45, 2.75) is 70.4 Å². The summed E-state index contributed by atoms with van der Waals surface area (Å²) in [6.07, 6.45) is 8.60. The number of fused-ring (bicyclic) bond motifs is 4. The zero-order valence-electron chi connectivity index (χ0n) is 14.3. The molecular formula is C19H25N3O2. The van der Waals surface area contributed by atoms with E-state index in [0.29, 0.717) is 30.0 Å². The summed E-state index contributed by atoms with van der Waals surface area (Å²) < 4.78 is 0. The fraction of sp³-hybridized carbons (Fsp3) is 0.737. The summed E-state index contributed by atoms with van der Waals surface area (Å²) in [5, 5.41) is 0. The molecule has 0 unspecified atom stereocenters. The Hall–Kier alpha value is -1.65. The van der Waals surface area contributed by atoms with Crippen molar-refractivity contribution in [2.24, 2.45) is 17.8 Å². The lowest BCUT2D eigenvalue weighted by Gasteiger charge is -2.28. The topological polar surface area (TPSA) is 66.1 Å². The lowest BCUT2D eigenvalue weighted by atomic mass is 9.98. The first kappa shape index (κ1) is 14.7. The van der Waals surface area contributed by atoms with Gasteiger partial charge in [0.1, 0.15) is 5.82 Å². The summed E-state index contributed by atoms with van der Waals surface area (Å²) in [5.74, 6) is 2.66. The number of rotatable bonds is 1. The third-order valence-electron chi connectivity index (χ3n) is 6.90. The van der Waals surface area contributed by atoms with Gasteiger partial charge < -0.3 is 9.88 Å². The Labute approximate surface area is 141 Å². The Morgan fingerprint density at radius 1 is 1.08 bits per heavy atom. The van der Waals surface area contributed by atoms with Gasteiger partial charge in [0.2, 0.25) is 5.91 Å². The minimum Gasteiger partial charge on any atom is -0.336 e. The van der Waals surface area contributed by atoms with Gasteiger partial charge in [-0.1, -0.05) is 12.8 Å². The second-order valence-electron chi connectivity index (χ2n) is 8.25. The average molecular weight is 327 g/mol. The van der Waals surface area contributed by atoms with Crippen LogP contribution >= 0.6 is 0 Å². The number of hydrogen-bond donors (Lipinski definition) is 1. The van der Waals surface area contributed by atoms with Crippen LogP contribution in [-0.4, -0.2) is 32.9 Å². The molecule has 2 bridgehead atoms. The second-order valence-corrected chi connectivity index (χ2v) is 8.25. The molecule has 128 valence electrons. The largest absolute Gasteiger partial charge is 0.336 e. The van der Waals surface area contributed by atoms with Crippen LogP contribution < -0.4 is 5.56 Å². The highest BCUT2D eigenvalue weighted by atomic mass is 16.2. The number of carbonyl (C=O) groups excluding carboxylic acids is 1. The maximum Gasteiger partial charge on any atom is 0.254 e. The molecule has 2 saturated carbocycles. The van der Waals surface area contributed by atoms with E-state index in [9.17, 15) is 9.59 Å². The zero-order chi connectivity index (χ0) is 16.4. The van der Waals surface area contributed by atoms with Gasteiger partial charge in [-0.25, -0.2) is 4.98 Å². The molecule has 0 spiro atoms.